The minimum atomic E-state index is -1.06. The first kappa shape index (κ1) is 22.4. The molecular weight excluding hydrogens is 396 g/mol. The zero-order valence-electron chi connectivity index (χ0n) is 16.5. The Hall–Kier alpha value is -2.90. The highest BCUT2D eigenvalue weighted by Crippen LogP contribution is 2.29. The first-order chi connectivity index (χ1) is 13.9. The number of methoxy groups -OCH3 is 2. The molecule has 0 aliphatic rings. The van der Waals surface area contributed by atoms with Crippen LogP contribution in [-0.4, -0.2) is 44.5 Å². The van der Waals surface area contributed by atoms with Crippen molar-refractivity contribution in [2.75, 3.05) is 25.7 Å². The Bertz CT molecular complexity index is 887. The van der Waals surface area contributed by atoms with Crippen LogP contribution in [0.5, 0.6) is 5.75 Å². The molecule has 2 aromatic carbocycles. The molecule has 0 radical (unpaired) electrons. The lowest BCUT2D eigenvalue weighted by Crippen LogP contribution is -2.49. The number of para-hydroxylation sites is 2. The largest absolute Gasteiger partial charge is 0.495 e. The van der Waals surface area contributed by atoms with Crippen molar-refractivity contribution in [2.24, 2.45) is 0 Å². The van der Waals surface area contributed by atoms with Gasteiger partial charge in [-0.15, -0.1) is 0 Å². The van der Waals surface area contributed by atoms with Gasteiger partial charge in [-0.05, 0) is 36.8 Å². The predicted molar refractivity (Wildman–Crippen MR) is 110 cm³/mol. The van der Waals surface area contributed by atoms with Gasteiger partial charge in [0.2, 0.25) is 5.78 Å². The molecule has 154 valence electrons. The third-order valence-corrected chi connectivity index (χ3v) is 4.45. The number of carbonyl (C=O) groups is 3. The predicted octanol–water partition coefficient (Wildman–Crippen LogP) is 2.60. The van der Waals surface area contributed by atoms with Gasteiger partial charge in [-0.2, -0.15) is 0 Å². The Morgan fingerprint density at radius 1 is 1.10 bits per heavy atom. The molecule has 0 fully saturated rings. The van der Waals surface area contributed by atoms with E-state index in [1.807, 2.05) is 0 Å². The third-order valence-electron chi connectivity index (χ3n) is 4.21. The summed E-state index contributed by atoms with van der Waals surface area (Å²) in [5.74, 6) is -1.64. The van der Waals surface area contributed by atoms with Crippen molar-refractivity contribution in [3.8, 4) is 5.75 Å². The Labute approximate surface area is 174 Å². The monoisotopic (exact) mass is 418 g/mol. The number of anilines is 1. The molecule has 1 atom stereocenters. The summed E-state index contributed by atoms with van der Waals surface area (Å²) in [6.45, 7) is 1.37. The zero-order valence-corrected chi connectivity index (χ0v) is 17.2. The first-order valence-electron chi connectivity index (χ1n) is 8.89. The number of hydrogen-bond donors (Lipinski definition) is 1. The van der Waals surface area contributed by atoms with Crippen molar-refractivity contribution < 1.29 is 23.9 Å². The normalized spacial score (nSPS) is 11.4. The van der Waals surface area contributed by atoms with Gasteiger partial charge in [-0.1, -0.05) is 35.9 Å². The number of amides is 2. The average Bonchev–Trinajstić information content (AvgIpc) is 2.72. The fourth-order valence-electron chi connectivity index (χ4n) is 2.80. The second-order valence-corrected chi connectivity index (χ2v) is 6.66. The van der Waals surface area contributed by atoms with Crippen LogP contribution in [0.15, 0.2) is 48.5 Å². The molecule has 1 unspecified atom stereocenters. The van der Waals surface area contributed by atoms with Crippen molar-refractivity contribution in [3.05, 3.63) is 59.1 Å². The summed E-state index contributed by atoms with van der Waals surface area (Å²) in [5, 5.41) is 3.10. The van der Waals surface area contributed by atoms with Gasteiger partial charge >= 0.3 is 0 Å². The van der Waals surface area contributed by atoms with E-state index < -0.39 is 23.6 Å². The summed E-state index contributed by atoms with van der Waals surface area (Å²) in [4.78, 5) is 39.0. The molecule has 2 rings (SSSR count). The van der Waals surface area contributed by atoms with E-state index in [1.54, 1.807) is 48.5 Å². The van der Waals surface area contributed by atoms with Crippen LogP contribution in [0.2, 0.25) is 5.02 Å². The maximum Gasteiger partial charge on any atom is 0.289 e. The molecule has 0 heterocycles. The standard InChI is InChI=1S/C21H23ClN2O5/c1-14(20(26)21(27)23-12-15-7-6-8-16(22)11-15)24(19(25)13-28-2)17-9-4-5-10-18(17)29-3/h4-11,14H,12-13H2,1-3H3,(H,23,27). The Morgan fingerprint density at radius 3 is 2.48 bits per heavy atom. The lowest BCUT2D eigenvalue weighted by Gasteiger charge is -2.29. The Kier molecular flexibility index (Phi) is 8.18. The first-order valence-corrected chi connectivity index (χ1v) is 9.27. The van der Waals surface area contributed by atoms with E-state index in [2.05, 4.69) is 5.32 Å². The van der Waals surface area contributed by atoms with Crippen LogP contribution in [0.4, 0.5) is 5.69 Å². The number of ketones is 1. The van der Waals surface area contributed by atoms with Gasteiger partial charge in [0.05, 0.1) is 12.8 Å². The Morgan fingerprint density at radius 2 is 1.83 bits per heavy atom. The Balaban J connectivity index is 2.20. The van der Waals surface area contributed by atoms with Crippen molar-refractivity contribution in [1.29, 1.82) is 0 Å². The lowest BCUT2D eigenvalue weighted by molar-refractivity contribution is -0.139. The topological polar surface area (TPSA) is 84.9 Å². The van der Waals surface area contributed by atoms with Gasteiger partial charge < -0.3 is 14.8 Å². The van der Waals surface area contributed by atoms with Crippen LogP contribution in [0, 0.1) is 0 Å². The van der Waals surface area contributed by atoms with Gasteiger partial charge in [0.15, 0.2) is 0 Å². The number of nitrogens with one attached hydrogen (secondary N) is 1. The van der Waals surface area contributed by atoms with Gasteiger partial charge in [0.25, 0.3) is 11.8 Å². The molecule has 8 heteroatoms. The van der Waals surface area contributed by atoms with Crippen molar-refractivity contribution in [3.63, 3.8) is 0 Å². The van der Waals surface area contributed by atoms with Gasteiger partial charge in [0, 0.05) is 18.7 Å². The maximum absolute atomic E-state index is 12.7. The summed E-state index contributed by atoms with van der Waals surface area (Å²) in [5.41, 5.74) is 1.13. The molecule has 0 saturated carbocycles. The smallest absolute Gasteiger partial charge is 0.289 e. The number of Topliss-reactive ketones (excluding diaryl/α,β-unsaturated/α-hetero) is 1. The van der Waals surface area contributed by atoms with E-state index in [0.717, 1.165) is 5.56 Å². The second kappa shape index (κ2) is 10.6. The highest BCUT2D eigenvalue weighted by Gasteiger charge is 2.32. The molecule has 1 N–H and O–H groups in total. The number of ether oxygens (including phenoxy) is 2. The molecule has 2 aromatic rings. The number of hydrogen-bond acceptors (Lipinski definition) is 5. The lowest BCUT2D eigenvalue weighted by atomic mass is 10.1. The van der Waals surface area contributed by atoms with E-state index in [4.69, 9.17) is 21.1 Å². The molecule has 0 aliphatic carbocycles. The van der Waals surface area contributed by atoms with E-state index in [9.17, 15) is 14.4 Å². The highest BCUT2D eigenvalue weighted by atomic mass is 35.5. The van der Waals surface area contributed by atoms with Crippen molar-refractivity contribution in [2.45, 2.75) is 19.5 Å². The van der Waals surface area contributed by atoms with Gasteiger partial charge in [-0.25, -0.2) is 0 Å². The quantitative estimate of drug-likeness (QED) is 0.633. The highest BCUT2D eigenvalue weighted by molar-refractivity contribution is 6.39. The zero-order chi connectivity index (χ0) is 21.4. The molecule has 0 saturated heterocycles. The van der Waals surface area contributed by atoms with Gasteiger partial charge in [0.1, 0.15) is 18.4 Å². The van der Waals surface area contributed by atoms with E-state index in [1.165, 1.54) is 26.0 Å². The van der Waals surface area contributed by atoms with Crippen LogP contribution in [0.3, 0.4) is 0 Å². The summed E-state index contributed by atoms with van der Waals surface area (Å²) in [6, 6.07) is 12.6. The average molecular weight is 419 g/mol. The van der Waals surface area contributed by atoms with E-state index in [-0.39, 0.29) is 13.2 Å². The summed E-state index contributed by atoms with van der Waals surface area (Å²) in [7, 11) is 2.84. The number of rotatable bonds is 9. The van der Waals surface area contributed by atoms with Crippen LogP contribution in [0.25, 0.3) is 0 Å². The number of benzene rings is 2. The number of carbonyl (C=O) groups excluding carboxylic acids is 3. The van der Waals surface area contributed by atoms with E-state index >= 15 is 0 Å². The summed E-state index contributed by atoms with van der Waals surface area (Å²) >= 11 is 5.93. The minimum absolute atomic E-state index is 0.137. The molecule has 29 heavy (non-hydrogen) atoms. The maximum atomic E-state index is 12.7. The number of nitrogens with zero attached hydrogens (tertiary/aromatic N) is 1. The van der Waals surface area contributed by atoms with Crippen LogP contribution >= 0.6 is 11.6 Å². The van der Waals surface area contributed by atoms with Crippen molar-refractivity contribution >= 4 is 34.9 Å². The molecular formula is C21H23ClN2O5. The van der Waals surface area contributed by atoms with Gasteiger partial charge in [-0.3, -0.25) is 19.3 Å². The fraction of sp³-hybridized carbons (Fsp3) is 0.286. The van der Waals surface area contributed by atoms with E-state index in [0.29, 0.717) is 16.5 Å². The SMILES string of the molecule is COCC(=O)N(c1ccccc1OC)C(C)C(=O)C(=O)NCc1cccc(Cl)c1. The molecule has 0 bridgehead atoms. The molecule has 0 aromatic heterocycles. The van der Waals surface area contributed by atoms with Crippen LogP contribution in [0.1, 0.15) is 12.5 Å². The third kappa shape index (κ3) is 5.79. The minimum Gasteiger partial charge on any atom is -0.495 e. The van der Waals surface area contributed by atoms with Crippen LogP contribution < -0.4 is 15.0 Å². The molecule has 7 nitrogen and oxygen atoms in total. The number of halogens is 1. The van der Waals surface area contributed by atoms with Crippen molar-refractivity contribution in [1.82, 2.24) is 5.32 Å². The fourth-order valence-corrected chi connectivity index (χ4v) is 3.02. The molecule has 0 aliphatic heterocycles. The molecule has 0 spiro atoms. The summed E-state index contributed by atoms with van der Waals surface area (Å²) in [6.07, 6.45) is 0. The second-order valence-electron chi connectivity index (χ2n) is 6.22. The van der Waals surface area contributed by atoms with Crippen LogP contribution in [-0.2, 0) is 25.7 Å². The summed E-state index contributed by atoms with van der Waals surface area (Å²) < 4.78 is 10.2. The molecule has 2 amide bonds.